The Kier molecular flexibility index (Phi) is 5.61. The molecule has 0 aliphatic rings. The summed E-state index contributed by atoms with van der Waals surface area (Å²) in [4.78, 5) is 14.7. The molecule has 2 aromatic rings. The van der Waals surface area contributed by atoms with E-state index in [0.29, 0.717) is 36.0 Å². The quantitative estimate of drug-likeness (QED) is 0.750. The van der Waals surface area contributed by atoms with Crippen molar-refractivity contribution in [2.75, 3.05) is 6.54 Å². The van der Waals surface area contributed by atoms with Crippen molar-refractivity contribution < 1.29 is 4.79 Å². The average Bonchev–Trinajstić information content (AvgIpc) is 2.83. The predicted molar refractivity (Wildman–Crippen MR) is 93.8 cm³/mol. The Morgan fingerprint density at radius 3 is 2.57 bits per heavy atom. The minimum Gasteiger partial charge on any atom is -0.329 e. The Hall–Kier alpha value is -2.07. The van der Waals surface area contributed by atoms with Crippen molar-refractivity contribution >= 4 is 17.5 Å². The molecule has 0 aliphatic carbocycles. The van der Waals surface area contributed by atoms with Gasteiger partial charge in [0.25, 0.3) is 5.91 Å². The van der Waals surface area contributed by atoms with E-state index in [2.05, 4.69) is 11.7 Å². The first kappa shape index (κ1) is 17.3. The lowest BCUT2D eigenvalue weighted by atomic mass is 10.1. The first-order valence-electron chi connectivity index (χ1n) is 7.66. The number of amides is 1. The second-order valence-corrected chi connectivity index (χ2v) is 5.90. The van der Waals surface area contributed by atoms with Crippen molar-refractivity contribution in [3.05, 3.63) is 64.5 Å². The molecule has 23 heavy (non-hydrogen) atoms. The van der Waals surface area contributed by atoms with Crippen molar-refractivity contribution in [2.45, 2.75) is 33.9 Å². The van der Waals surface area contributed by atoms with Gasteiger partial charge in [0, 0.05) is 19.6 Å². The SMILES string of the molecule is C=CCN(Cc1ccc(C)cc1)C(=O)c1c(Cl)c(C)nn1CC. The van der Waals surface area contributed by atoms with E-state index in [9.17, 15) is 4.79 Å². The number of hydrogen-bond donors (Lipinski definition) is 0. The molecule has 122 valence electrons. The summed E-state index contributed by atoms with van der Waals surface area (Å²) >= 11 is 6.30. The first-order chi connectivity index (χ1) is 11.0. The third-order valence-corrected chi connectivity index (χ3v) is 4.14. The van der Waals surface area contributed by atoms with Crippen molar-refractivity contribution in [1.29, 1.82) is 0 Å². The van der Waals surface area contributed by atoms with Crippen LogP contribution in [0.5, 0.6) is 0 Å². The second kappa shape index (κ2) is 7.47. The Labute approximate surface area is 142 Å². The highest BCUT2D eigenvalue weighted by molar-refractivity contribution is 6.34. The van der Waals surface area contributed by atoms with E-state index in [-0.39, 0.29) is 5.91 Å². The van der Waals surface area contributed by atoms with Crippen LogP contribution in [0.15, 0.2) is 36.9 Å². The number of carbonyl (C=O) groups excluding carboxylic acids is 1. The summed E-state index contributed by atoms with van der Waals surface area (Å²) in [6.07, 6.45) is 1.72. The number of aromatic nitrogens is 2. The molecule has 1 aromatic carbocycles. The fraction of sp³-hybridized carbons (Fsp3) is 0.333. The van der Waals surface area contributed by atoms with Gasteiger partial charge in [-0.25, -0.2) is 0 Å². The molecule has 0 bridgehead atoms. The molecule has 0 fully saturated rings. The largest absolute Gasteiger partial charge is 0.329 e. The molecule has 0 radical (unpaired) electrons. The van der Waals surface area contributed by atoms with E-state index < -0.39 is 0 Å². The third kappa shape index (κ3) is 3.82. The van der Waals surface area contributed by atoms with Gasteiger partial charge in [0.15, 0.2) is 0 Å². The molecule has 0 N–H and O–H groups in total. The molecule has 5 heteroatoms. The molecule has 0 spiro atoms. The molecular formula is C18H22ClN3O. The van der Waals surface area contributed by atoms with Crippen LogP contribution >= 0.6 is 11.6 Å². The lowest BCUT2D eigenvalue weighted by Crippen LogP contribution is -2.32. The molecule has 1 aromatic heterocycles. The predicted octanol–water partition coefficient (Wildman–Crippen LogP) is 4.00. The smallest absolute Gasteiger partial charge is 0.274 e. The normalized spacial score (nSPS) is 10.6. The van der Waals surface area contributed by atoms with Crippen LogP contribution in [0.1, 0.15) is 34.2 Å². The van der Waals surface area contributed by atoms with E-state index >= 15 is 0 Å². The minimum atomic E-state index is -0.127. The standard InChI is InChI=1S/C18H22ClN3O/c1-5-11-21(12-15-9-7-13(3)8-10-15)18(23)17-16(19)14(4)20-22(17)6-2/h5,7-10H,1,6,11-12H2,2-4H3. The van der Waals surface area contributed by atoms with Crippen LogP contribution in [0, 0.1) is 13.8 Å². The Balaban J connectivity index is 2.31. The van der Waals surface area contributed by atoms with E-state index in [1.807, 2.05) is 45.0 Å². The molecule has 4 nitrogen and oxygen atoms in total. The van der Waals surface area contributed by atoms with Crippen LogP contribution in [-0.4, -0.2) is 27.1 Å². The maximum absolute atomic E-state index is 13.0. The molecule has 0 saturated heterocycles. The number of aryl methyl sites for hydroxylation is 3. The van der Waals surface area contributed by atoms with Crippen LogP contribution in [0.2, 0.25) is 5.02 Å². The van der Waals surface area contributed by atoms with Crippen LogP contribution < -0.4 is 0 Å². The van der Waals surface area contributed by atoms with Crippen molar-refractivity contribution in [1.82, 2.24) is 14.7 Å². The van der Waals surface area contributed by atoms with Gasteiger partial charge in [0.1, 0.15) is 5.69 Å². The van der Waals surface area contributed by atoms with E-state index in [4.69, 9.17) is 11.6 Å². The van der Waals surface area contributed by atoms with Gasteiger partial charge in [0.2, 0.25) is 0 Å². The first-order valence-corrected chi connectivity index (χ1v) is 8.04. The van der Waals surface area contributed by atoms with Crippen molar-refractivity contribution in [3.63, 3.8) is 0 Å². The van der Waals surface area contributed by atoms with Gasteiger partial charge in [-0.2, -0.15) is 5.10 Å². The maximum Gasteiger partial charge on any atom is 0.274 e. The van der Waals surface area contributed by atoms with Crippen molar-refractivity contribution in [2.24, 2.45) is 0 Å². The molecule has 1 heterocycles. The summed E-state index contributed by atoms with van der Waals surface area (Å²) < 4.78 is 1.66. The molecule has 0 saturated carbocycles. The zero-order valence-corrected chi connectivity index (χ0v) is 14.6. The number of halogens is 1. The molecule has 0 unspecified atom stereocenters. The van der Waals surface area contributed by atoms with Gasteiger partial charge < -0.3 is 4.90 Å². The molecule has 0 atom stereocenters. The number of nitrogens with zero attached hydrogens (tertiary/aromatic N) is 3. The summed E-state index contributed by atoms with van der Waals surface area (Å²) in [7, 11) is 0. The zero-order valence-electron chi connectivity index (χ0n) is 13.8. The Morgan fingerprint density at radius 2 is 2.00 bits per heavy atom. The number of carbonyl (C=O) groups is 1. The summed E-state index contributed by atoms with van der Waals surface area (Å²) in [6.45, 7) is 11.1. The van der Waals surface area contributed by atoms with Gasteiger partial charge in [-0.15, -0.1) is 6.58 Å². The summed E-state index contributed by atoms with van der Waals surface area (Å²) in [6, 6.07) is 8.14. The van der Waals surface area contributed by atoms with Gasteiger partial charge >= 0.3 is 0 Å². The fourth-order valence-corrected chi connectivity index (χ4v) is 2.65. The summed E-state index contributed by atoms with van der Waals surface area (Å²) in [5, 5.41) is 4.75. The fourth-order valence-electron chi connectivity index (χ4n) is 2.43. The summed E-state index contributed by atoms with van der Waals surface area (Å²) in [5.41, 5.74) is 3.38. The monoisotopic (exact) mass is 331 g/mol. The number of hydrogen-bond acceptors (Lipinski definition) is 2. The van der Waals surface area contributed by atoms with Gasteiger partial charge in [-0.1, -0.05) is 47.5 Å². The highest BCUT2D eigenvalue weighted by Gasteiger charge is 2.24. The Morgan fingerprint density at radius 1 is 1.35 bits per heavy atom. The van der Waals surface area contributed by atoms with Gasteiger partial charge in [-0.3, -0.25) is 9.48 Å². The Bertz CT molecular complexity index is 704. The van der Waals surface area contributed by atoms with Crippen LogP contribution in [-0.2, 0) is 13.1 Å². The van der Waals surface area contributed by atoms with Crippen LogP contribution in [0.25, 0.3) is 0 Å². The molecular weight excluding hydrogens is 310 g/mol. The van der Waals surface area contributed by atoms with E-state index in [1.165, 1.54) is 5.56 Å². The second-order valence-electron chi connectivity index (χ2n) is 5.52. The lowest BCUT2D eigenvalue weighted by molar-refractivity contribution is 0.0750. The van der Waals surface area contributed by atoms with Crippen LogP contribution in [0.3, 0.4) is 0 Å². The zero-order chi connectivity index (χ0) is 17.0. The van der Waals surface area contributed by atoms with Gasteiger partial charge in [0.05, 0.1) is 10.7 Å². The third-order valence-electron chi connectivity index (χ3n) is 3.69. The maximum atomic E-state index is 13.0. The number of rotatable bonds is 6. The van der Waals surface area contributed by atoms with E-state index in [1.54, 1.807) is 15.7 Å². The molecule has 2 rings (SSSR count). The highest BCUT2D eigenvalue weighted by Crippen LogP contribution is 2.22. The van der Waals surface area contributed by atoms with E-state index in [0.717, 1.165) is 5.56 Å². The molecule has 1 amide bonds. The number of benzene rings is 1. The topological polar surface area (TPSA) is 38.1 Å². The lowest BCUT2D eigenvalue weighted by Gasteiger charge is -2.22. The van der Waals surface area contributed by atoms with Crippen LogP contribution in [0.4, 0.5) is 0 Å². The average molecular weight is 332 g/mol. The van der Waals surface area contributed by atoms with Crippen molar-refractivity contribution in [3.8, 4) is 0 Å². The highest BCUT2D eigenvalue weighted by atomic mass is 35.5. The molecule has 0 aliphatic heterocycles. The minimum absolute atomic E-state index is 0.127. The van der Waals surface area contributed by atoms with Gasteiger partial charge in [-0.05, 0) is 26.3 Å². The summed E-state index contributed by atoms with van der Waals surface area (Å²) in [5.74, 6) is -0.127.